The smallest absolute Gasteiger partial charge is 0.417 e. The minimum Gasteiger partial charge on any atom is -0.472 e. The number of nitrogens with zero attached hydrogens (tertiary/aromatic N) is 3. The number of pyridine rings is 1. The maximum absolute atomic E-state index is 14.1. The van der Waals surface area contributed by atoms with Crippen molar-refractivity contribution in [2.75, 3.05) is 18.0 Å². The van der Waals surface area contributed by atoms with E-state index >= 15 is 0 Å². The van der Waals surface area contributed by atoms with Crippen molar-refractivity contribution in [3.63, 3.8) is 0 Å². The Morgan fingerprint density at radius 2 is 2.04 bits per heavy atom. The van der Waals surface area contributed by atoms with Gasteiger partial charge in [0.2, 0.25) is 5.88 Å². The van der Waals surface area contributed by atoms with Gasteiger partial charge in [-0.1, -0.05) is 0 Å². The van der Waals surface area contributed by atoms with Crippen LogP contribution in [0.2, 0.25) is 0 Å². The van der Waals surface area contributed by atoms with E-state index < -0.39 is 22.5 Å². The summed E-state index contributed by atoms with van der Waals surface area (Å²) in [5.41, 5.74) is -1.000. The highest BCUT2D eigenvalue weighted by Gasteiger charge is 2.31. The number of anilines is 1. The molecule has 0 amide bonds. The number of nitro benzene ring substituents is 1. The van der Waals surface area contributed by atoms with Gasteiger partial charge in [-0.2, -0.15) is 13.2 Å². The predicted molar refractivity (Wildman–Crippen MR) is 83.5 cm³/mol. The molecule has 1 fully saturated rings. The third-order valence-corrected chi connectivity index (χ3v) is 3.98. The van der Waals surface area contributed by atoms with Gasteiger partial charge in [-0.3, -0.25) is 10.1 Å². The highest BCUT2D eigenvalue weighted by atomic mass is 19.4. The van der Waals surface area contributed by atoms with Crippen LogP contribution in [-0.4, -0.2) is 29.1 Å². The lowest BCUT2D eigenvalue weighted by Crippen LogP contribution is -2.25. The van der Waals surface area contributed by atoms with Gasteiger partial charge in [0.05, 0.1) is 28.8 Å². The lowest BCUT2D eigenvalue weighted by atomic mass is 10.2. The summed E-state index contributed by atoms with van der Waals surface area (Å²) in [7, 11) is 0. The fourth-order valence-electron chi connectivity index (χ4n) is 2.70. The topological polar surface area (TPSA) is 68.5 Å². The van der Waals surface area contributed by atoms with E-state index in [0.29, 0.717) is 19.2 Å². The van der Waals surface area contributed by atoms with E-state index in [2.05, 4.69) is 4.98 Å². The number of alkyl halides is 3. The molecule has 3 rings (SSSR count). The standard InChI is InChI=1S/C16H13F4N3O3/c17-13-7-11(23(24)25)2-3-14(13)22-6-5-12(9-22)26-15-4-1-10(8-21-15)16(18,19)20/h1-4,7-8,12H,5-6,9H2. The Hall–Kier alpha value is -2.91. The van der Waals surface area contributed by atoms with Crippen LogP contribution < -0.4 is 9.64 Å². The van der Waals surface area contributed by atoms with E-state index in [4.69, 9.17) is 4.74 Å². The second kappa shape index (κ2) is 6.77. The average molecular weight is 371 g/mol. The molecular weight excluding hydrogens is 358 g/mol. The Balaban J connectivity index is 1.65. The highest BCUT2D eigenvalue weighted by Crippen LogP contribution is 2.30. The molecule has 2 aromatic rings. The minimum atomic E-state index is -4.47. The van der Waals surface area contributed by atoms with Gasteiger partial charge in [-0.05, 0) is 12.1 Å². The third kappa shape index (κ3) is 3.84. The maximum atomic E-state index is 14.1. The number of nitro groups is 1. The van der Waals surface area contributed by atoms with Crippen molar-refractivity contribution in [3.05, 3.63) is 58.0 Å². The lowest BCUT2D eigenvalue weighted by Gasteiger charge is -2.19. The summed E-state index contributed by atoms with van der Waals surface area (Å²) >= 11 is 0. The van der Waals surface area contributed by atoms with Gasteiger partial charge >= 0.3 is 6.18 Å². The Morgan fingerprint density at radius 1 is 1.27 bits per heavy atom. The molecular formula is C16H13F4N3O3. The molecule has 1 atom stereocenters. The molecule has 0 radical (unpaired) electrons. The van der Waals surface area contributed by atoms with E-state index in [-0.39, 0.29) is 29.9 Å². The second-order valence-electron chi connectivity index (χ2n) is 5.75. The Bertz CT molecular complexity index is 811. The largest absolute Gasteiger partial charge is 0.472 e. The van der Waals surface area contributed by atoms with E-state index in [0.717, 1.165) is 18.2 Å². The molecule has 1 aliphatic heterocycles. The lowest BCUT2D eigenvalue weighted by molar-refractivity contribution is -0.385. The molecule has 0 spiro atoms. The predicted octanol–water partition coefficient (Wildman–Crippen LogP) is 3.81. The number of non-ortho nitro benzene ring substituents is 1. The molecule has 1 saturated heterocycles. The van der Waals surface area contributed by atoms with Crippen molar-refractivity contribution >= 4 is 11.4 Å². The first-order chi connectivity index (χ1) is 12.2. The second-order valence-corrected chi connectivity index (χ2v) is 5.75. The Labute approximate surface area is 145 Å². The zero-order valence-electron chi connectivity index (χ0n) is 13.2. The van der Waals surface area contributed by atoms with Crippen LogP contribution in [0.15, 0.2) is 36.5 Å². The minimum absolute atomic E-state index is 0.0500. The van der Waals surface area contributed by atoms with Crippen molar-refractivity contribution in [2.45, 2.75) is 18.7 Å². The first-order valence-corrected chi connectivity index (χ1v) is 7.63. The van der Waals surface area contributed by atoms with Crippen LogP contribution in [-0.2, 0) is 6.18 Å². The Morgan fingerprint density at radius 3 is 2.62 bits per heavy atom. The van der Waals surface area contributed by atoms with Crippen LogP contribution in [0.5, 0.6) is 5.88 Å². The summed E-state index contributed by atoms with van der Waals surface area (Å²) in [6, 6.07) is 5.40. The number of aromatic nitrogens is 1. The molecule has 1 aromatic carbocycles. The van der Waals surface area contributed by atoms with E-state index in [9.17, 15) is 27.7 Å². The third-order valence-electron chi connectivity index (χ3n) is 3.98. The first kappa shape index (κ1) is 17.9. The quantitative estimate of drug-likeness (QED) is 0.465. The fourth-order valence-corrected chi connectivity index (χ4v) is 2.70. The van der Waals surface area contributed by atoms with Crippen molar-refractivity contribution < 1.29 is 27.2 Å². The number of ether oxygens (including phenoxy) is 1. The average Bonchev–Trinajstić information content (AvgIpc) is 3.02. The van der Waals surface area contributed by atoms with Gasteiger partial charge in [0.1, 0.15) is 6.10 Å². The van der Waals surface area contributed by atoms with Gasteiger partial charge in [-0.15, -0.1) is 0 Å². The summed E-state index contributed by atoms with van der Waals surface area (Å²) in [5.74, 6) is -0.665. The summed E-state index contributed by atoms with van der Waals surface area (Å²) in [6.07, 6.45) is -3.64. The Kier molecular flexibility index (Phi) is 4.66. The SMILES string of the molecule is O=[N+]([O-])c1ccc(N2CCC(Oc3ccc(C(F)(F)F)cn3)C2)c(F)c1. The highest BCUT2D eigenvalue weighted by molar-refractivity contribution is 5.53. The van der Waals surface area contributed by atoms with Crippen LogP contribution in [0, 0.1) is 15.9 Å². The monoisotopic (exact) mass is 371 g/mol. The number of hydrogen-bond donors (Lipinski definition) is 0. The number of benzene rings is 1. The maximum Gasteiger partial charge on any atom is 0.417 e. The summed E-state index contributed by atoms with van der Waals surface area (Å²) in [5, 5.41) is 10.7. The molecule has 2 heterocycles. The normalized spacial score (nSPS) is 17.4. The van der Waals surface area contributed by atoms with Gasteiger partial charge in [0.15, 0.2) is 5.82 Å². The zero-order valence-corrected chi connectivity index (χ0v) is 13.2. The fraction of sp³-hybridized carbons (Fsp3) is 0.312. The first-order valence-electron chi connectivity index (χ1n) is 7.63. The van der Waals surface area contributed by atoms with Gasteiger partial charge in [0.25, 0.3) is 5.69 Å². The molecule has 6 nitrogen and oxygen atoms in total. The number of hydrogen-bond acceptors (Lipinski definition) is 5. The van der Waals surface area contributed by atoms with Gasteiger partial charge in [0, 0.05) is 31.3 Å². The van der Waals surface area contributed by atoms with Crippen LogP contribution in [0.4, 0.5) is 28.9 Å². The summed E-state index contributed by atoms with van der Waals surface area (Å²) in [4.78, 5) is 15.3. The van der Waals surface area contributed by atoms with Crippen molar-refractivity contribution in [2.24, 2.45) is 0 Å². The van der Waals surface area contributed by atoms with E-state index in [1.165, 1.54) is 12.1 Å². The molecule has 138 valence electrons. The van der Waals surface area contributed by atoms with E-state index in [1.54, 1.807) is 4.90 Å². The molecule has 0 aliphatic carbocycles. The van der Waals surface area contributed by atoms with Gasteiger partial charge < -0.3 is 9.64 Å². The molecule has 0 bridgehead atoms. The molecule has 0 saturated carbocycles. The number of halogens is 4. The van der Waals surface area contributed by atoms with Crippen molar-refractivity contribution in [3.8, 4) is 5.88 Å². The summed E-state index contributed by atoms with van der Waals surface area (Å²) in [6.45, 7) is 0.734. The summed E-state index contributed by atoms with van der Waals surface area (Å²) < 4.78 is 57.2. The van der Waals surface area contributed by atoms with Crippen LogP contribution >= 0.6 is 0 Å². The molecule has 0 N–H and O–H groups in total. The van der Waals surface area contributed by atoms with Crippen molar-refractivity contribution in [1.82, 2.24) is 4.98 Å². The van der Waals surface area contributed by atoms with Crippen LogP contribution in [0.25, 0.3) is 0 Å². The number of rotatable bonds is 4. The van der Waals surface area contributed by atoms with Crippen molar-refractivity contribution in [1.29, 1.82) is 0 Å². The zero-order chi connectivity index (χ0) is 18.9. The van der Waals surface area contributed by atoms with Crippen LogP contribution in [0.3, 0.4) is 0 Å². The molecule has 10 heteroatoms. The van der Waals surface area contributed by atoms with Gasteiger partial charge in [-0.25, -0.2) is 9.37 Å². The molecule has 1 aromatic heterocycles. The molecule has 1 aliphatic rings. The van der Waals surface area contributed by atoms with Crippen LogP contribution in [0.1, 0.15) is 12.0 Å². The molecule has 26 heavy (non-hydrogen) atoms. The molecule has 1 unspecified atom stereocenters. The van der Waals surface area contributed by atoms with E-state index in [1.807, 2.05) is 0 Å².